The number of fused-ring (bicyclic) bond motifs is 5. The van der Waals surface area contributed by atoms with Gasteiger partial charge in [0, 0.05) is 18.3 Å². The first-order valence-electron chi connectivity index (χ1n) is 8.42. The van der Waals surface area contributed by atoms with Crippen LogP contribution in [-0.4, -0.2) is 11.6 Å². The van der Waals surface area contributed by atoms with Crippen LogP contribution in [-0.2, 0) is 9.59 Å². The first-order valence-corrected chi connectivity index (χ1v) is 8.42. The van der Waals surface area contributed by atoms with E-state index in [0.717, 1.165) is 32.1 Å². The van der Waals surface area contributed by atoms with E-state index in [1.165, 1.54) is 5.57 Å². The molecule has 5 atom stereocenters. The van der Waals surface area contributed by atoms with Gasteiger partial charge in [-0.05, 0) is 60.5 Å². The lowest BCUT2D eigenvalue weighted by Crippen LogP contribution is -2.49. The summed E-state index contributed by atoms with van der Waals surface area (Å²) in [6.07, 6.45) is 12.1. The summed E-state index contributed by atoms with van der Waals surface area (Å²) in [5, 5.41) is 0. The largest absolute Gasteiger partial charge is 0.299 e. The Bertz CT molecular complexity index is 584. The Hall–Kier alpha value is -1.18. The average molecular weight is 284 g/mol. The van der Waals surface area contributed by atoms with Crippen molar-refractivity contribution in [3.63, 3.8) is 0 Å². The van der Waals surface area contributed by atoms with E-state index in [1.807, 2.05) is 6.08 Å². The molecule has 2 saturated carbocycles. The lowest BCUT2D eigenvalue weighted by molar-refractivity contribution is -0.130. The van der Waals surface area contributed by atoms with Crippen molar-refractivity contribution in [3.05, 3.63) is 23.8 Å². The summed E-state index contributed by atoms with van der Waals surface area (Å²) < 4.78 is 0. The van der Waals surface area contributed by atoms with Crippen LogP contribution in [0, 0.1) is 28.6 Å². The van der Waals surface area contributed by atoms with Crippen molar-refractivity contribution < 1.29 is 9.59 Å². The van der Waals surface area contributed by atoms with Gasteiger partial charge in [-0.3, -0.25) is 9.59 Å². The summed E-state index contributed by atoms with van der Waals surface area (Å²) in [5.41, 5.74) is 1.32. The van der Waals surface area contributed by atoms with E-state index < -0.39 is 0 Å². The highest BCUT2D eigenvalue weighted by molar-refractivity contribution is 5.92. The van der Waals surface area contributed by atoms with Crippen molar-refractivity contribution in [2.24, 2.45) is 28.6 Å². The summed E-state index contributed by atoms with van der Waals surface area (Å²) >= 11 is 0. The van der Waals surface area contributed by atoms with Crippen LogP contribution in [0.2, 0.25) is 0 Å². The van der Waals surface area contributed by atoms with Gasteiger partial charge >= 0.3 is 0 Å². The van der Waals surface area contributed by atoms with Gasteiger partial charge in [0.1, 0.15) is 5.78 Å². The van der Waals surface area contributed by atoms with Crippen molar-refractivity contribution >= 4 is 11.6 Å². The predicted octanol–water partition coefficient (Wildman–Crippen LogP) is 3.86. The summed E-state index contributed by atoms with van der Waals surface area (Å²) in [6.45, 7) is 4.56. The van der Waals surface area contributed by atoms with Gasteiger partial charge in [-0.2, -0.15) is 0 Å². The molecule has 2 fully saturated rings. The molecular weight excluding hydrogens is 260 g/mol. The fraction of sp³-hybridized carbons (Fsp3) is 0.684. The second kappa shape index (κ2) is 4.18. The zero-order valence-electron chi connectivity index (χ0n) is 13.0. The monoisotopic (exact) mass is 284 g/mol. The van der Waals surface area contributed by atoms with E-state index >= 15 is 0 Å². The molecule has 0 spiro atoms. The van der Waals surface area contributed by atoms with E-state index in [9.17, 15) is 9.59 Å². The minimum Gasteiger partial charge on any atom is -0.299 e. The summed E-state index contributed by atoms with van der Waals surface area (Å²) in [5.74, 6) is 2.44. The smallest absolute Gasteiger partial charge is 0.156 e. The van der Waals surface area contributed by atoms with Gasteiger partial charge < -0.3 is 0 Å². The van der Waals surface area contributed by atoms with E-state index in [0.29, 0.717) is 30.0 Å². The molecule has 3 unspecified atom stereocenters. The Labute approximate surface area is 126 Å². The third-order valence-electron chi connectivity index (χ3n) is 7.22. The molecule has 0 aromatic rings. The SMILES string of the molecule is C[C@]12CCC(=O)C=C1C=CC1C2CC[C@]2(C)C(=O)CCC12. The highest BCUT2D eigenvalue weighted by Crippen LogP contribution is 2.62. The van der Waals surface area contributed by atoms with Gasteiger partial charge in [-0.1, -0.05) is 26.0 Å². The van der Waals surface area contributed by atoms with Gasteiger partial charge in [0.2, 0.25) is 0 Å². The predicted molar refractivity (Wildman–Crippen MR) is 81.6 cm³/mol. The van der Waals surface area contributed by atoms with Crippen molar-refractivity contribution in [1.29, 1.82) is 0 Å². The number of hydrogen-bond donors (Lipinski definition) is 0. The standard InChI is InChI=1S/C19H24O2/c1-18-9-7-13(20)11-12(18)3-4-14-15-5-6-17(21)19(15,2)10-8-16(14)18/h3-4,11,14-16H,5-10H2,1-2H3/t14?,15?,16?,18-,19-/m0/s1. The van der Waals surface area contributed by atoms with Crippen LogP contribution in [0.3, 0.4) is 0 Å². The molecule has 0 aromatic heterocycles. The molecule has 0 N–H and O–H groups in total. The molecule has 112 valence electrons. The molecule has 0 bridgehead atoms. The van der Waals surface area contributed by atoms with E-state index in [2.05, 4.69) is 26.0 Å². The third-order valence-corrected chi connectivity index (χ3v) is 7.22. The number of Topliss-reactive ketones (excluding diaryl/α,β-unsaturated/α-hetero) is 1. The minimum absolute atomic E-state index is 0.0758. The maximum atomic E-state index is 12.3. The van der Waals surface area contributed by atoms with Crippen molar-refractivity contribution in [2.45, 2.75) is 52.4 Å². The van der Waals surface area contributed by atoms with E-state index in [-0.39, 0.29) is 16.6 Å². The fourth-order valence-corrected chi connectivity index (χ4v) is 5.77. The van der Waals surface area contributed by atoms with Gasteiger partial charge in [0.25, 0.3) is 0 Å². The number of allylic oxidation sites excluding steroid dienone is 4. The molecule has 0 aromatic carbocycles. The molecule has 2 nitrogen and oxygen atoms in total. The first kappa shape index (κ1) is 13.5. The number of ketones is 2. The Morgan fingerprint density at radius 3 is 2.57 bits per heavy atom. The highest BCUT2D eigenvalue weighted by atomic mass is 16.1. The van der Waals surface area contributed by atoms with Gasteiger partial charge in [-0.15, -0.1) is 0 Å². The number of rotatable bonds is 0. The Morgan fingerprint density at radius 2 is 1.76 bits per heavy atom. The van der Waals surface area contributed by atoms with Crippen LogP contribution in [0.4, 0.5) is 0 Å². The summed E-state index contributed by atoms with van der Waals surface area (Å²) in [7, 11) is 0. The van der Waals surface area contributed by atoms with Gasteiger partial charge in [0.05, 0.1) is 0 Å². The second-order valence-electron chi connectivity index (χ2n) is 8.05. The van der Waals surface area contributed by atoms with Crippen molar-refractivity contribution in [3.8, 4) is 0 Å². The van der Waals surface area contributed by atoms with E-state index in [4.69, 9.17) is 0 Å². The number of carbonyl (C=O) groups is 2. The van der Waals surface area contributed by atoms with Crippen LogP contribution in [0.25, 0.3) is 0 Å². The molecule has 0 radical (unpaired) electrons. The Morgan fingerprint density at radius 1 is 1.00 bits per heavy atom. The van der Waals surface area contributed by atoms with Gasteiger partial charge in [-0.25, -0.2) is 0 Å². The van der Waals surface area contributed by atoms with Gasteiger partial charge in [0.15, 0.2) is 5.78 Å². The molecule has 0 heterocycles. The molecule has 4 aliphatic rings. The first-order chi connectivity index (χ1) is 9.95. The number of hydrogen-bond acceptors (Lipinski definition) is 2. The van der Waals surface area contributed by atoms with Crippen LogP contribution in [0.15, 0.2) is 23.8 Å². The van der Waals surface area contributed by atoms with Crippen LogP contribution in [0.5, 0.6) is 0 Å². The molecule has 21 heavy (non-hydrogen) atoms. The molecule has 0 saturated heterocycles. The molecular formula is C19H24O2. The lowest BCUT2D eigenvalue weighted by atomic mass is 9.49. The topological polar surface area (TPSA) is 34.1 Å². The maximum Gasteiger partial charge on any atom is 0.156 e. The maximum absolute atomic E-state index is 12.3. The van der Waals surface area contributed by atoms with E-state index in [1.54, 1.807) is 0 Å². The molecule has 2 heteroatoms. The molecule has 4 aliphatic carbocycles. The molecule has 4 rings (SSSR count). The van der Waals surface area contributed by atoms with Crippen LogP contribution >= 0.6 is 0 Å². The summed E-state index contributed by atoms with van der Waals surface area (Å²) in [4.78, 5) is 24.1. The summed E-state index contributed by atoms with van der Waals surface area (Å²) in [6, 6.07) is 0. The van der Waals surface area contributed by atoms with Crippen LogP contribution in [0.1, 0.15) is 52.4 Å². The normalized spacial score (nSPS) is 48.5. The number of carbonyl (C=O) groups excluding carboxylic acids is 2. The highest BCUT2D eigenvalue weighted by Gasteiger charge is 2.57. The third kappa shape index (κ3) is 1.65. The molecule has 0 amide bonds. The molecule has 0 aliphatic heterocycles. The second-order valence-corrected chi connectivity index (χ2v) is 8.05. The Balaban J connectivity index is 1.77. The zero-order valence-corrected chi connectivity index (χ0v) is 13.0. The minimum atomic E-state index is -0.0758. The zero-order chi connectivity index (χ0) is 14.8. The Kier molecular flexibility index (Phi) is 2.68. The fourth-order valence-electron chi connectivity index (χ4n) is 5.77. The quantitative estimate of drug-likeness (QED) is 0.677. The van der Waals surface area contributed by atoms with Crippen LogP contribution < -0.4 is 0 Å². The van der Waals surface area contributed by atoms with Crippen molar-refractivity contribution in [2.75, 3.05) is 0 Å². The van der Waals surface area contributed by atoms with Crippen molar-refractivity contribution in [1.82, 2.24) is 0 Å². The average Bonchev–Trinajstić information content (AvgIpc) is 2.76. The lowest BCUT2D eigenvalue weighted by Gasteiger charge is -2.54.